The van der Waals surface area contributed by atoms with Gasteiger partial charge in [0.05, 0.1) is 18.6 Å². The van der Waals surface area contributed by atoms with Crippen molar-refractivity contribution in [3.8, 4) is 0 Å². The largest absolute Gasteiger partial charge is 0.481 e. The van der Waals surface area contributed by atoms with Gasteiger partial charge in [-0.1, -0.05) is 101 Å². The van der Waals surface area contributed by atoms with Gasteiger partial charge in [-0.3, -0.25) is 9.59 Å². The van der Waals surface area contributed by atoms with Crippen molar-refractivity contribution in [1.82, 2.24) is 25.1 Å². The van der Waals surface area contributed by atoms with Gasteiger partial charge in [0.1, 0.15) is 23.6 Å². The van der Waals surface area contributed by atoms with Gasteiger partial charge >= 0.3 is 5.97 Å². The fraction of sp³-hybridized carbons (Fsp3) is 0.233. The number of benzene rings is 3. The lowest BCUT2D eigenvalue weighted by Crippen LogP contribution is -2.40. The average Bonchev–Trinajstić information content (AvgIpc) is 3.74. The van der Waals surface area contributed by atoms with Gasteiger partial charge in [0.25, 0.3) is 0 Å². The molecule has 4 aromatic rings. The fourth-order valence-electron chi connectivity index (χ4n) is 6.45. The zero-order valence-electron chi connectivity index (χ0n) is 21.1. The molecule has 4 heterocycles. The molecule has 1 aromatic heterocycles. The van der Waals surface area contributed by atoms with E-state index >= 15 is 0 Å². The van der Waals surface area contributed by atoms with Crippen LogP contribution in [0.5, 0.6) is 0 Å². The van der Waals surface area contributed by atoms with Gasteiger partial charge in [-0.05, 0) is 39.2 Å². The molecule has 1 amide bonds. The van der Waals surface area contributed by atoms with Crippen molar-refractivity contribution < 1.29 is 19.4 Å². The van der Waals surface area contributed by atoms with Gasteiger partial charge in [0.15, 0.2) is 5.82 Å². The van der Waals surface area contributed by atoms with E-state index in [1.807, 2.05) is 91.0 Å². The first-order chi connectivity index (χ1) is 19.5. The molecule has 0 radical (unpaired) electrons. The van der Waals surface area contributed by atoms with Gasteiger partial charge in [0.2, 0.25) is 5.91 Å². The van der Waals surface area contributed by atoms with Gasteiger partial charge in [-0.2, -0.15) is 0 Å². The number of likely N-dealkylation sites (tertiary alicyclic amines) is 1. The summed E-state index contributed by atoms with van der Waals surface area (Å²) in [6.07, 6.45) is 3.02. The molecule has 2 fully saturated rings. The maximum atomic E-state index is 14.1. The molecular weight excluding hydrogens is 574 g/mol. The SMILES string of the molecule is O=C(O)[C@H]1[C@H]2C=C[C@@]3(CN([C@@H](c4ccc(Br)cc4)c4nnnn4C(c4ccccc4)c4ccccc4)C(=O)[C@@H]13)O2. The van der Waals surface area contributed by atoms with Crippen LogP contribution in [-0.4, -0.2) is 60.3 Å². The summed E-state index contributed by atoms with van der Waals surface area (Å²) in [5, 5.41) is 23.0. The number of carbonyl (C=O) groups excluding carboxylic acids is 1. The summed E-state index contributed by atoms with van der Waals surface area (Å²) < 4.78 is 8.83. The molecule has 10 heteroatoms. The zero-order valence-corrected chi connectivity index (χ0v) is 22.7. The summed E-state index contributed by atoms with van der Waals surface area (Å²) in [6.45, 7) is 0.197. The van der Waals surface area contributed by atoms with Crippen LogP contribution >= 0.6 is 15.9 Å². The summed E-state index contributed by atoms with van der Waals surface area (Å²) in [5.41, 5.74) is 1.77. The normalized spacial score (nSPS) is 25.5. The zero-order chi connectivity index (χ0) is 27.4. The number of carboxylic acids is 1. The van der Waals surface area contributed by atoms with Crippen LogP contribution in [0, 0.1) is 11.8 Å². The molecule has 40 heavy (non-hydrogen) atoms. The molecule has 0 unspecified atom stereocenters. The van der Waals surface area contributed by atoms with Gasteiger partial charge in [-0.15, -0.1) is 5.10 Å². The van der Waals surface area contributed by atoms with Crippen LogP contribution in [0.3, 0.4) is 0 Å². The lowest BCUT2D eigenvalue weighted by atomic mass is 9.77. The Labute approximate surface area is 238 Å². The predicted octanol–water partition coefficient (Wildman–Crippen LogP) is 4.03. The number of halogens is 1. The number of rotatable bonds is 7. The number of aliphatic carboxylic acids is 1. The Bertz CT molecular complexity index is 1570. The Hall–Kier alpha value is -4.15. The first kappa shape index (κ1) is 24.9. The highest BCUT2D eigenvalue weighted by Gasteiger charge is 2.68. The number of amides is 1. The van der Waals surface area contributed by atoms with Gasteiger partial charge in [-0.25, -0.2) is 4.68 Å². The number of nitrogens with zero attached hydrogens (tertiary/aromatic N) is 5. The molecule has 7 rings (SSSR count). The number of carbonyl (C=O) groups is 2. The van der Waals surface area contributed by atoms with Crippen molar-refractivity contribution in [3.05, 3.63) is 124 Å². The van der Waals surface area contributed by atoms with E-state index < -0.39 is 35.6 Å². The van der Waals surface area contributed by atoms with Crippen molar-refractivity contribution in [2.75, 3.05) is 6.54 Å². The Morgan fingerprint density at radius 3 is 2.20 bits per heavy atom. The Morgan fingerprint density at radius 1 is 0.950 bits per heavy atom. The highest BCUT2D eigenvalue weighted by atomic mass is 79.9. The first-order valence-electron chi connectivity index (χ1n) is 13.0. The fourth-order valence-corrected chi connectivity index (χ4v) is 6.72. The number of ether oxygens (including phenoxy) is 1. The minimum Gasteiger partial charge on any atom is -0.481 e. The van der Waals surface area contributed by atoms with E-state index in [1.165, 1.54) is 0 Å². The third kappa shape index (κ3) is 3.82. The summed E-state index contributed by atoms with van der Waals surface area (Å²) in [5.74, 6) is -2.60. The number of aromatic nitrogens is 4. The van der Waals surface area contributed by atoms with Crippen LogP contribution in [0.25, 0.3) is 0 Å². The first-order valence-corrected chi connectivity index (χ1v) is 13.8. The van der Waals surface area contributed by atoms with Crippen molar-refractivity contribution in [2.45, 2.75) is 23.8 Å². The lowest BCUT2D eigenvalue weighted by Gasteiger charge is -2.31. The van der Waals surface area contributed by atoms with Crippen molar-refractivity contribution in [1.29, 1.82) is 0 Å². The lowest BCUT2D eigenvalue weighted by molar-refractivity contribution is -0.148. The van der Waals surface area contributed by atoms with Crippen LogP contribution in [-0.2, 0) is 14.3 Å². The smallest absolute Gasteiger partial charge is 0.310 e. The average molecular weight is 598 g/mol. The van der Waals surface area contributed by atoms with E-state index in [4.69, 9.17) is 4.74 Å². The Morgan fingerprint density at radius 2 is 1.57 bits per heavy atom. The van der Waals surface area contributed by atoms with Crippen LogP contribution < -0.4 is 0 Å². The monoisotopic (exact) mass is 597 g/mol. The third-order valence-electron chi connectivity index (χ3n) is 8.15. The minimum atomic E-state index is -1.03. The predicted molar refractivity (Wildman–Crippen MR) is 147 cm³/mol. The van der Waals surface area contributed by atoms with E-state index in [-0.39, 0.29) is 18.5 Å². The molecule has 3 aliphatic heterocycles. The molecule has 5 atom stereocenters. The molecule has 0 saturated carbocycles. The molecule has 3 aromatic carbocycles. The van der Waals surface area contributed by atoms with Crippen molar-refractivity contribution in [2.24, 2.45) is 11.8 Å². The quantitative estimate of drug-likeness (QED) is 0.320. The maximum Gasteiger partial charge on any atom is 0.310 e. The maximum absolute atomic E-state index is 14.1. The van der Waals surface area contributed by atoms with Gasteiger partial charge in [0, 0.05) is 4.47 Å². The van der Waals surface area contributed by atoms with Crippen molar-refractivity contribution in [3.63, 3.8) is 0 Å². The van der Waals surface area contributed by atoms with E-state index in [9.17, 15) is 14.7 Å². The van der Waals surface area contributed by atoms with Crippen LogP contribution in [0.15, 0.2) is 102 Å². The van der Waals surface area contributed by atoms with E-state index in [1.54, 1.807) is 15.7 Å². The van der Waals surface area contributed by atoms with E-state index in [2.05, 4.69) is 31.5 Å². The summed E-state index contributed by atoms with van der Waals surface area (Å²) in [4.78, 5) is 28.1. The van der Waals surface area contributed by atoms with Crippen LogP contribution in [0.1, 0.15) is 34.6 Å². The number of fused-ring (bicyclic) bond motifs is 1. The summed E-state index contributed by atoms with van der Waals surface area (Å²) in [7, 11) is 0. The number of tetrazole rings is 1. The van der Waals surface area contributed by atoms with E-state index in [0.717, 1.165) is 21.2 Å². The summed E-state index contributed by atoms with van der Waals surface area (Å²) >= 11 is 3.51. The second-order valence-electron chi connectivity index (χ2n) is 10.4. The van der Waals surface area contributed by atoms with Gasteiger partial charge < -0.3 is 14.7 Å². The molecule has 1 N–H and O–H groups in total. The molecular formula is C30H24BrN5O4. The standard InChI is InChI=1S/C30H24BrN5O4/c31-21-13-11-20(12-14-21)26(35-17-30-16-15-22(40-30)23(29(38)39)24(30)28(35)37)27-32-33-34-36(27)25(18-7-3-1-4-8-18)19-9-5-2-6-10-19/h1-16,22-26H,17H2,(H,38,39)/t22-,23+,24-,26+,30+/m1/s1. The molecule has 200 valence electrons. The second kappa shape index (κ2) is 9.50. The van der Waals surface area contributed by atoms with E-state index in [0.29, 0.717) is 5.82 Å². The molecule has 2 bridgehead atoms. The topological polar surface area (TPSA) is 110 Å². The second-order valence-corrected chi connectivity index (χ2v) is 11.3. The molecule has 0 aliphatic carbocycles. The number of carboxylic acid groups (broad SMARTS) is 1. The third-order valence-corrected chi connectivity index (χ3v) is 8.68. The van der Waals surface area contributed by atoms with Crippen LogP contribution in [0.2, 0.25) is 0 Å². The summed E-state index contributed by atoms with van der Waals surface area (Å²) in [6, 6.07) is 26.5. The molecule has 2 saturated heterocycles. The highest BCUT2D eigenvalue weighted by molar-refractivity contribution is 9.10. The molecule has 3 aliphatic rings. The van der Waals surface area contributed by atoms with Crippen LogP contribution in [0.4, 0.5) is 0 Å². The minimum absolute atomic E-state index is 0.197. The number of hydrogen-bond acceptors (Lipinski definition) is 6. The molecule has 9 nitrogen and oxygen atoms in total. The Kier molecular flexibility index (Phi) is 5.90. The highest BCUT2D eigenvalue weighted by Crippen LogP contribution is 2.54. The molecule has 1 spiro atoms. The Balaban J connectivity index is 1.38. The van der Waals surface area contributed by atoms with Crippen molar-refractivity contribution >= 4 is 27.8 Å². The number of hydrogen-bond donors (Lipinski definition) is 1.